The second-order valence-corrected chi connectivity index (χ2v) is 9.57. The fourth-order valence-corrected chi connectivity index (χ4v) is 4.67. The van der Waals surface area contributed by atoms with Crippen molar-refractivity contribution in [1.29, 1.82) is 0 Å². The van der Waals surface area contributed by atoms with Gasteiger partial charge in [0, 0.05) is 30.5 Å². The third-order valence-corrected chi connectivity index (χ3v) is 6.55. The van der Waals surface area contributed by atoms with E-state index < -0.39 is 70.7 Å². The molecule has 1 N–H and O–H groups in total. The van der Waals surface area contributed by atoms with E-state index in [-0.39, 0.29) is 16.3 Å². The fraction of sp³-hybridized carbons (Fsp3) is 0.364. The molecular weight excluding hydrogens is 528 g/mol. The van der Waals surface area contributed by atoms with Gasteiger partial charge < -0.3 is 10.1 Å². The molecule has 1 saturated carbocycles. The number of alkyl halides is 5. The molecule has 0 radical (unpaired) electrons. The van der Waals surface area contributed by atoms with Gasteiger partial charge in [-0.15, -0.1) is 23.2 Å². The minimum Gasteiger partial charge on any atom is -0.493 e. The van der Waals surface area contributed by atoms with Gasteiger partial charge in [-0.1, -0.05) is 17.7 Å². The molecule has 0 spiro atoms. The number of methoxy groups -OCH3 is 1. The van der Waals surface area contributed by atoms with E-state index in [1.807, 2.05) is 0 Å². The number of hydrogen-bond donors (Lipinski definition) is 1. The molecule has 4 nitrogen and oxygen atoms in total. The zero-order valence-electron chi connectivity index (χ0n) is 17.4. The van der Waals surface area contributed by atoms with Crippen LogP contribution in [0.1, 0.15) is 41.1 Å². The van der Waals surface area contributed by atoms with Crippen LogP contribution in [0.25, 0.3) is 0 Å². The topological polar surface area (TPSA) is 55.4 Å². The molecule has 0 heterocycles. The monoisotopic (exact) mass is 543 g/mol. The number of halogens is 8. The van der Waals surface area contributed by atoms with Gasteiger partial charge in [-0.2, -0.15) is 13.2 Å². The highest BCUT2D eigenvalue weighted by atomic mass is 35.5. The number of hydrogen-bond acceptors (Lipinski definition) is 3. The number of benzene rings is 2. The number of anilines is 1. The van der Waals surface area contributed by atoms with Crippen molar-refractivity contribution in [2.45, 2.75) is 35.7 Å². The lowest BCUT2D eigenvalue weighted by Gasteiger charge is -2.13. The van der Waals surface area contributed by atoms with E-state index in [9.17, 15) is 31.5 Å². The molecule has 1 fully saturated rings. The van der Waals surface area contributed by atoms with Crippen molar-refractivity contribution >= 4 is 52.2 Å². The second kappa shape index (κ2) is 9.87. The molecule has 12 heteroatoms. The van der Waals surface area contributed by atoms with Gasteiger partial charge in [0.1, 0.15) is 10.2 Å². The molecule has 184 valence electrons. The molecule has 2 aromatic carbocycles. The molecule has 2 aromatic rings. The minimum atomic E-state index is -4.43. The summed E-state index contributed by atoms with van der Waals surface area (Å²) < 4.78 is 68.4. The van der Waals surface area contributed by atoms with Gasteiger partial charge in [0.05, 0.1) is 23.6 Å². The molecule has 0 bridgehead atoms. The van der Waals surface area contributed by atoms with Crippen molar-refractivity contribution in [3.8, 4) is 5.75 Å². The summed E-state index contributed by atoms with van der Waals surface area (Å²) in [6.45, 7) is 0. The van der Waals surface area contributed by atoms with Gasteiger partial charge in [0.2, 0.25) is 5.91 Å². The first kappa shape index (κ1) is 26.5. The third kappa shape index (κ3) is 5.75. The summed E-state index contributed by atoms with van der Waals surface area (Å²) in [5, 5.41) is 2.23. The lowest BCUT2D eigenvalue weighted by molar-refractivity contribution is -0.135. The van der Waals surface area contributed by atoms with Crippen LogP contribution in [0.3, 0.4) is 0 Å². The lowest BCUT2D eigenvalue weighted by Crippen LogP contribution is -2.18. The number of rotatable bonds is 8. The predicted octanol–water partition coefficient (Wildman–Crippen LogP) is 7.07. The van der Waals surface area contributed by atoms with E-state index in [4.69, 9.17) is 39.5 Å². The highest BCUT2D eigenvalue weighted by Gasteiger charge is 2.67. The number of nitrogens with one attached hydrogen (secondary N) is 1. The molecule has 1 amide bonds. The van der Waals surface area contributed by atoms with Crippen LogP contribution in [-0.4, -0.2) is 29.3 Å². The van der Waals surface area contributed by atoms with Crippen LogP contribution >= 0.6 is 34.8 Å². The van der Waals surface area contributed by atoms with Gasteiger partial charge >= 0.3 is 6.18 Å². The first-order valence-corrected chi connectivity index (χ1v) is 11.0. The van der Waals surface area contributed by atoms with Crippen molar-refractivity contribution in [1.82, 2.24) is 0 Å². The summed E-state index contributed by atoms with van der Waals surface area (Å²) in [4.78, 5) is 25.2. The van der Waals surface area contributed by atoms with Gasteiger partial charge in [-0.3, -0.25) is 9.59 Å². The smallest absolute Gasteiger partial charge is 0.389 e. The molecule has 2 atom stereocenters. The predicted molar refractivity (Wildman–Crippen MR) is 118 cm³/mol. The Hall–Kier alpha value is -2.10. The standard InChI is InChI=1S/C22H17Cl3F5NO3/c1-34-19-12(16(32)3-2-6-21(28,29)30)8-11(9-15(19)27)31-20(33)18-17(22(18,24)25)10-4-5-14(26)13(23)7-10/h4-5,7-9,17-18H,2-3,6H2,1H3,(H,31,33). The van der Waals surface area contributed by atoms with Crippen LogP contribution in [0.15, 0.2) is 30.3 Å². The molecule has 0 aromatic heterocycles. The average molecular weight is 545 g/mol. The number of carbonyl (C=O) groups is 2. The molecule has 34 heavy (non-hydrogen) atoms. The number of ether oxygens (including phenoxy) is 1. The zero-order chi connectivity index (χ0) is 25.4. The van der Waals surface area contributed by atoms with Gasteiger partial charge in [0.15, 0.2) is 17.3 Å². The maximum atomic E-state index is 14.5. The zero-order valence-corrected chi connectivity index (χ0v) is 19.7. The Kier molecular flexibility index (Phi) is 7.70. The molecule has 0 aliphatic heterocycles. The quantitative estimate of drug-likeness (QED) is 0.220. The van der Waals surface area contributed by atoms with Crippen molar-refractivity contribution in [3.63, 3.8) is 0 Å². The van der Waals surface area contributed by atoms with Crippen LogP contribution in [-0.2, 0) is 4.79 Å². The molecule has 3 rings (SSSR count). The number of amides is 1. The summed E-state index contributed by atoms with van der Waals surface area (Å²) in [6.07, 6.45) is -6.61. The normalized spacial score (nSPS) is 19.0. The Labute approximate surface area is 206 Å². The molecular formula is C22H17Cl3F5NO3. The maximum Gasteiger partial charge on any atom is 0.389 e. The van der Waals surface area contributed by atoms with Crippen molar-refractivity contribution in [2.24, 2.45) is 5.92 Å². The van der Waals surface area contributed by atoms with E-state index in [0.717, 1.165) is 25.3 Å². The Balaban J connectivity index is 1.79. The third-order valence-electron chi connectivity index (χ3n) is 5.32. The Morgan fingerprint density at radius 2 is 1.79 bits per heavy atom. The molecule has 0 saturated heterocycles. The Morgan fingerprint density at radius 1 is 1.12 bits per heavy atom. The lowest BCUT2D eigenvalue weighted by atomic mass is 10.0. The number of ketones is 1. The average Bonchev–Trinajstić information content (AvgIpc) is 3.30. The summed E-state index contributed by atoms with van der Waals surface area (Å²) in [7, 11) is 1.10. The highest BCUT2D eigenvalue weighted by Crippen LogP contribution is 2.65. The fourth-order valence-electron chi connectivity index (χ4n) is 3.66. The Bertz CT molecular complexity index is 1120. The largest absolute Gasteiger partial charge is 0.493 e. The number of Topliss-reactive ketones (excluding diaryl/α,β-unsaturated/α-hetero) is 1. The summed E-state index contributed by atoms with van der Waals surface area (Å²) in [5.74, 6) is -5.36. The van der Waals surface area contributed by atoms with Gasteiger partial charge in [-0.05, 0) is 30.2 Å². The minimum absolute atomic E-state index is 0.144. The van der Waals surface area contributed by atoms with E-state index >= 15 is 0 Å². The van der Waals surface area contributed by atoms with Crippen LogP contribution in [0.2, 0.25) is 5.02 Å². The van der Waals surface area contributed by atoms with Gasteiger partial charge in [-0.25, -0.2) is 8.78 Å². The maximum absolute atomic E-state index is 14.5. The van der Waals surface area contributed by atoms with Gasteiger partial charge in [0.25, 0.3) is 0 Å². The van der Waals surface area contributed by atoms with E-state index in [0.29, 0.717) is 5.56 Å². The van der Waals surface area contributed by atoms with E-state index in [2.05, 4.69) is 5.32 Å². The van der Waals surface area contributed by atoms with Crippen LogP contribution in [0.4, 0.5) is 27.6 Å². The first-order valence-electron chi connectivity index (χ1n) is 9.87. The van der Waals surface area contributed by atoms with Crippen molar-refractivity contribution in [2.75, 3.05) is 12.4 Å². The molecule has 1 aliphatic carbocycles. The molecule has 1 aliphatic rings. The summed E-state index contributed by atoms with van der Waals surface area (Å²) >= 11 is 18.3. The number of carbonyl (C=O) groups excluding carboxylic acids is 2. The van der Waals surface area contributed by atoms with Crippen LogP contribution in [0, 0.1) is 17.6 Å². The van der Waals surface area contributed by atoms with E-state index in [1.54, 1.807) is 0 Å². The van der Waals surface area contributed by atoms with Crippen molar-refractivity contribution < 1.29 is 36.3 Å². The van der Waals surface area contributed by atoms with Crippen molar-refractivity contribution in [3.05, 3.63) is 58.1 Å². The highest BCUT2D eigenvalue weighted by molar-refractivity contribution is 6.53. The molecule has 2 unspecified atom stereocenters. The van der Waals surface area contributed by atoms with E-state index in [1.165, 1.54) is 12.1 Å². The van der Waals surface area contributed by atoms with Crippen LogP contribution < -0.4 is 10.1 Å². The van der Waals surface area contributed by atoms with Crippen LogP contribution in [0.5, 0.6) is 5.75 Å². The first-order chi connectivity index (χ1) is 15.8. The summed E-state index contributed by atoms with van der Waals surface area (Å²) in [5.41, 5.74) is -0.0481. The SMILES string of the molecule is COc1c(F)cc(NC(=O)C2C(c3ccc(F)c(Cl)c3)C2(Cl)Cl)cc1C(=O)CCCC(F)(F)F. The summed E-state index contributed by atoms with van der Waals surface area (Å²) in [6, 6.07) is 5.76. The second-order valence-electron chi connectivity index (χ2n) is 7.72. The Morgan fingerprint density at radius 3 is 2.38 bits per heavy atom.